The highest BCUT2D eigenvalue weighted by Gasteiger charge is 2.78. The van der Waals surface area contributed by atoms with Crippen LogP contribution in [0.4, 0.5) is 0 Å². The molecule has 1 aromatic carbocycles. The predicted octanol–water partition coefficient (Wildman–Crippen LogP) is 1.93. The van der Waals surface area contributed by atoms with Gasteiger partial charge in [0.05, 0.1) is 5.75 Å². The summed E-state index contributed by atoms with van der Waals surface area (Å²) >= 11 is 12.9. The van der Waals surface area contributed by atoms with Crippen LogP contribution in [-0.2, 0) is 24.7 Å². The second-order valence-corrected chi connectivity index (χ2v) is 8.08. The van der Waals surface area contributed by atoms with Crippen LogP contribution in [0, 0.1) is 5.92 Å². The Morgan fingerprint density at radius 3 is 2.35 bits per heavy atom. The Morgan fingerprint density at radius 2 is 1.76 bits per heavy atom. The molecule has 4 rings (SSSR count). The van der Waals surface area contributed by atoms with Gasteiger partial charge in [0.25, 0.3) is 0 Å². The number of fused-ring (bicyclic) bond motifs is 8. The van der Waals surface area contributed by atoms with Crippen LogP contribution >= 0.6 is 23.2 Å². The van der Waals surface area contributed by atoms with E-state index in [1.807, 2.05) is 18.2 Å². The van der Waals surface area contributed by atoms with Crippen LogP contribution in [0.25, 0.3) is 0 Å². The fourth-order valence-electron chi connectivity index (χ4n) is 3.25. The van der Waals surface area contributed by atoms with E-state index in [1.165, 1.54) is 0 Å². The molecular weight excluding hydrogens is 283 g/mol. The van der Waals surface area contributed by atoms with Crippen molar-refractivity contribution in [3.05, 3.63) is 35.4 Å². The van der Waals surface area contributed by atoms with Crippen molar-refractivity contribution >= 4 is 33.0 Å². The first-order valence-electron chi connectivity index (χ1n) is 5.29. The molecule has 0 saturated carbocycles. The molecule has 0 amide bonds. The van der Waals surface area contributed by atoms with Gasteiger partial charge in [-0.25, -0.2) is 8.42 Å². The van der Waals surface area contributed by atoms with E-state index in [-0.39, 0.29) is 11.7 Å². The first-order chi connectivity index (χ1) is 7.90. The van der Waals surface area contributed by atoms with Gasteiger partial charge < -0.3 is 4.74 Å². The number of hydrogen-bond donors (Lipinski definition) is 0. The minimum atomic E-state index is -3.17. The van der Waals surface area contributed by atoms with Crippen LogP contribution in [-0.4, -0.2) is 19.4 Å². The van der Waals surface area contributed by atoms with Gasteiger partial charge >= 0.3 is 0 Å². The van der Waals surface area contributed by atoms with Gasteiger partial charge in [-0.2, -0.15) is 0 Å². The zero-order valence-corrected chi connectivity index (χ0v) is 10.9. The molecular formula is C11H8Cl2O3S. The lowest BCUT2D eigenvalue weighted by Gasteiger charge is -2.42. The van der Waals surface area contributed by atoms with E-state index < -0.39 is 25.2 Å². The average molecular weight is 291 g/mol. The van der Waals surface area contributed by atoms with Crippen molar-refractivity contribution in [1.29, 1.82) is 0 Å². The van der Waals surface area contributed by atoms with Crippen LogP contribution in [0.5, 0.6) is 0 Å². The van der Waals surface area contributed by atoms with Crippen molar-refractivity contribution in [2.75, 3.05) is 5.75 Å². The third kappa shape index (κ3) is 0.951. The summed E-state index contributed by atoms with van der Waals surface area (Å²) in [5.41, 5.74) is 1.51. The monoisotopic (exact) mass is 290 g/mol. The molecule has 17 heavy (non-hydrogen) atoms. The molecule has 0 N–H and O–H groups in total. The number of rotatable bonds is 0. The third-order valence-electron chi connectivity index (χ3n) is 3.97. The molecule has 0 aromatic heterocycles. The lowest BCUT2D eigenvalue weighted by molar-refractivity contribution is 0.00565. The van der Waals surface area contributed by atoms with Gasteiger partial charge in [-0.1, -0.05) is 47.5 Å². The molecule has 90 valence electrons. The third-order valence-corrected chi connectivity index (χ3v) is 7.43. The first kappa shape index (κ1) is 10.6. The Morgan fingerprint density at radius 1 is 1.18 bits per heavy atom. The van der Waals surface area contributed by atoms with E-state index in [2.05, 4.69) is 0 Å². The molecule has 2 bridgehead atoms. The van der Waals surface area contributed by atoms with Crippen molar-refractivity contribution < 1.29 is 13.2 Å². The maximum atomic E-state index is 11.8. The molecule has 0 spiro atoms. The highest BCUT2D eigenvalue weighted by molar-refractivity contribution is 7.93. The van der Waals surface area contributed by atoms with Gasteiger partial charge in [0.15, 0.2) is 20.0 Å². The topological polar surface area (TPSA) is 43.4 Å². The summed E-state index contributed by atoms with van der Waals surface area (Å²) in [6.45, 7) is 0. The number of halogens is 2. The van der Waals surface area contributed by atoms with E-state index >= 15 is 0 Å². The van der Waals surface area contributed by atoms with Gasteiger partial charge in [-0.15, -0.1) is 0 Å². The molecule has 3 aliphatic heterocycles. The second-order valence-electron chi connectivity index (χ2n) is 4.79. The van der Waals surface area contributed by atoms with E-state index in [4.69, 9.17) is 27.9 Å². The van der Waals surface area contributed by atoms with Crippen molar-refractivity contribution in [2.45, 2.75) is 15.4 Å². The fourth-order valence-corrected chi connectivity index (χ4v) is 6.99. The SMILES string of the molecule is O=S1(=O)C[C@H]2[C@H]1[C@]1(Cl)O[C@]2(Cl)c2ccccc21. The van der Waals surface area contributed by atoms with E-state index in [0.29, 0.717) is 5.56 Å². The number of benzene rings is 1. The Hall–Kier alpha value is -0.290. The summed E-state index contributed by atoms with van der Waals surface area (Å²) in [4.78, 5) is 0. The van der Waals surface area contributed by atoms with Crippen LogP contribution in [0.15, 0.2) is 24.3 Å². The van der Waals surface area contributed by atoms with Gasteiger partial charge in [0, 0.05) is 17.0 Å². The van der Waals surface area contributed by atoms with Crippen molar-refractivity contribution in [3.8, 4) is 0 Å². The number of hydrogen-bond acceptors (Lipinski definition) is 3. The van der Waals surface area contributed by atoms with Gasteiger partial charge in [0.1, 0.15) is 5.25 Å². The Balaban J connectivity index is 2.05. The van der Waals surface area contributed by atoms with Crippen molar-refractivity contribution in [1.82, 2.24) is 0 Å². The largest absolute Gasteiger partial charge is 0.328 e. The maximum absolute atomic E-state index is 11.8. The lowest BCUT2D eigenvalue weighted by atomic mass is 9.83. The Kier molecular flexibility index (Phi) is 1.66. The lowest BCUT2D eigenvalue weighted by Crippen LogP contribution is -2.57. The van der Waals surface area contributed by atoms with Crippen LogP contribution in [0.2, 0.25) is 0 Å². The van der Waals surface area contributed by atoms with Crippen LogP contribution in [0.1, 0.15) is 11.1 Å². The van der Waals surface area contributed by atoms with E-state index in [1.54, 1.807) is 6.07 Å². The van der Waals surface area contributed by atoms with E-state index in [9.17, 15) is 8.42 Å². The molecule has 1 aromatic rings. The molecule has 4 atom stereocenters. The molecule has 2 saturated heterocycles. The molecule has 3 nitrogen and oxygen atoms in total. The highest BCUT2D eigenvalue weighted by atomic mass is 35.5. The molecule has 3 aliphatic rings. The summed E-state index contributed by atoms with van der Waals surface area (Å²) in [7, 11) is -3.17. The predicted molar refractivity (Wildman–Crippen MR) is 63.7 cm³/mol. The van der Waals surface area contributed by atoms with Gasteiger partial charge in [-0.05, 0) is 0 Å². The van der Waals surface area contributed by atoms with Crippen LogP contribution < -0.4 is 0 Å². The van der Waals surface area contributed by atoms with Gasteiger partial charge in [-0.3, -0.25) is 0 Å². The maximum Gasteiger partial charge on any atom is 0.187 e. The van der Waals surface area contributed by atoms with Crippen molar-refractivity contribution in [3.63, 3.8) is 0 Å². The number of alkyl halides is 2. The van der Waals surface area contributed by atoms with Crippen molar-refractivity contribution in [2.24, 2.45) is 5.92 Å². The highest BCUT2D eigenvalue weighted by Crippen LogP contribution is 2.70. The average Bonchev–Trinajstić information content (AvgIpc) is 2.58. The Labute approximate surface area is 109 Å². The zero-order valence-electron chi connectivity index (χ0n) is 8.56. The molecule has 3 heterocycles. The van der Waals surface area contributed by atoms with E-state index in [0.717, 1.165) is 5.56 Å². The minimum Gasteiger partial charge on any atom is -0.328 e. The fraction of sp³-hybridized carbons (Fsp3) is 0.455. The summed E-state index contributed by atoms with van der Waals surface area (Å²) in [5, 5.41) is -3.06. The normalized spacial score (nSPS) is 48.4. The van der Waals surface area contributed by atoms with Gasteiger partial charge in [0.2, 0.25) is 0 Å². The minimum absolute atomic E-state index is 0.0595. The molecule has 6 heteroatoms. The zero-order chi connectivity index (χ0) is 12.1. The molecule has 0 unspecified atom stereocenters. The quantitative estimate of drug-likeness (QED) is 0.686. The Bertz CT molecular complexity index is 644. The first-order valence-corrected chi connectivity index (χ1v) is 7.76. The molecule has 0 aliphatic carbocycles. The standard InChI is InChI=1S/C11H8Cl2O3S/c12-10-6-3-1-2-4-7(6)11(13,16-10)9-8(10)5-17(9,14)15/h1-4,8-9H,5H2/t8-,9-,10+,11+/m0/s1. The summed E-state index contributed by atoms with van der Waals surface area (Å²) in [6.07, 6.45) is 0. The second kappa shape index (κ2) is 2.67. The summed E-state index contributed by atoms with van der Waals surface area (Å²) in [6, 6.07) is 7.31. The number of sulfone groups is 1. The van der Waals surface area contributed by atoms with Crippen LogP contribution in [0.3, 0.4) is 0 Å². The molecule has 0 radical (unpaired) electrons. The molecule has 2 fully saturated rings. The summed E-state index contributed by atoms with van der Waals surface area (Å²) < 4.78 is 29.3. The smallest absolute Gasteiger partial charge is 0.187 e. The summed E-state index contributed by atoms with van der Waals surface area (Å²) in [5.74, 6) is -0.175. The number of ether oxygens (including phenoxy) is 1.